The Morgan fingerprint density at radius 2 is 2.12 bits per heavy atom. The molecule has 0 fully saturated rings. The average molecular weight is 237 g/mol. The molecule has 0 saturated carbocycles. The maximum Gasteiger partial charge on any atom is 0.244 e. The van der Waals surface area contributed by atoms with E-state index >= 15 is 0 Å². The van der Waals surface area contributed by atoms with E-state index in [0.29, 0.717) is 12.0 Å². The predicted octanol–water partition coefficient (Wildman–Crippen LogP) is 2.68. The summed E-state index contributed by atoms with van der Waals surface area (Å²) in [5.74, 6) is 1.39. The number of anilines is 2. The zero-order valence-corrected chi connectivity index (χ0v) is 11.0. The number of hydrogen-bond acceptors (Lipinski definition) is 5. The number of aromatic nitrogens is 3. The Labute approximate surface area is 103 Å². The molecule has 0 spiro atoms. The van der Waals surface area contributed by atoms with Gasteiger partial charge in [-0.25, -0.2) is 0 Å². The van der Waals surface area contributed by atoms with Crippen molar-refractivity contribution in [3.05, 3.63) is 6.20 Å². The Morgan fingerprint density at radius 3 is 2.82 bits per heavy atom. The molecule has 5 heteroatoms. The summed E-state index contributed by atoms with van der Waals surface area (Å²) in [5, 5.41) is 14.4. The van der Waals surface area contributed by atoms with E-state index in [4.69, 9.17) is 0 Å². The van der Waals surface area contributed by atoms with Crippen LogP contribution in [0.1, 0.15) is 46.5 Å². The molecule has 1 aromatic rings. The van der Waals surface area contributed by atoms with E-state index in [1.54, 1.807) is 6.20 Å². The number of nitrogens with zero attached hydrogens (tertiary/aromatic N) is 3. The van der Waals surface area contributed by atoms with Crippen LogP contribution in [-0.2, 0) is 0 Å². The highest BCUT2D eigenvalue weighted by Gasteiger charge is 2.03. The molecule has 0 aliphatic heterocycles. The van der Waals surface area contributed by atoms with Gasteiger partial charge in [0.05, 0.1) is 6.20 Å². The molecule has 1 unspecified atom stereocenters. The Bertz CT molecular complexity index is 316. The van der Waals surface area contributed by atoms with Crippen molar-refractivity contribution in [1.82, 2.24) is 15.2 Å². The molecule has 1 heterocycles. The molecule has 0 radical (unpaired) electrons. The lowest BCUT2D eigenvalue weighted by Crippen LogP contribution is -2.17. The molecule has 0 amide bonds. The highest BCUT2D eigenvalue weighted by Crippen LogP contribution is 2.06. The minimum Gasteiger partial charge on any atom is -0.369 e. The first-order valence-corrected chi connectivity index (χ1v) is 6.46. The first-order valence-electron chi connectivity index (χ1n) is 6.46. The van der Waals surface area contributed by atoms with Gasteiger partial charge in [0.2, 0.25) is 5.95 Å². The van der Waals surface area contributed by atoms with Crippen molar-refractivity contribution in [2.75, 3.05) is 17.2 Å². The number of rotatable bonds is 8. The van der Waals surface area contributed by atoms with Gasteiger partial charge in [0, 0.05) is 12.6 Å². The van der Waals surface area contributed by atoms with Crippen LogP contribution in [-0.4, -0.2) is 27.8 Å². The van der Waals surface area contributed by atoms with Crippen molar-refractivity contribution in [3.63, 3.8) is 0 Å². The quantitative estimate of drug-likeness (QED) is 0.681. The molecule has 2 N–H and O–H groups in total. The summed E-state index contributed by atoms with van der Waals surface area (Å²) in [6.45, 7) is 7.36. The summed E-state index contributed by atoms with van der Waals surface area (Å²) in [6, 6.07) is 0.368. The molecule has 5 nitrogen and oxygen atoms in total. The van der Waals surface area contributed by atoms with Crippen LogP contribution >= 0.6 is 0 Å². The highest BCUT2D eigenvalue weighted by molar-refractivity contribution is 5.37. The molecule has 96 valence electrons. The van der Waals surface area contributed by atoms with Crippen molar-refractivity contribution in [3.8, 4) is 0 Å². The van der Waals surface area contributed by atoms with E-state index in [-0.39, 0.29) is 0 Å². The van der Waals surface area contributed by atoms with E-state index in [2.05, 4.69) is 46.6 Å². The zero-order chi connectivity index (χ0) is 12.5. The van der Waals surface area contributed by atoms with E-state index in [9.17, 15) is 0 Å². The van der Waals surface area contributed by atoms with Gasteiger partial charge in [-0.1, -0.05) is 26.7 Å². The van der Waals surface area contributed by atoms with Gasteiger partial charge < -0.3 is 10.6 Å². The molecule has 1 aromatic heterocycles. The number of hydrogen-bond donors (Lipinski definition) is 2. The van der Waals surface area contributed by atoms with Gasteiger partial charge in [0.25, 0.3) is 0 Å². The fourth-order valence-corrected chi connectivity index (χ4v) is 1.36. The molecule has 0 bridgehead atoms. The van der Waals surface area contributed by atoms with Gasteiger partial charge >= 0.3 is 0 Å². The van der Waals surface area contributed by atoms with Gasteiger partial charge in [-0.15, -0.1) is 5.10 Å². The third kappa shape index (κ3) is 5.47. The van der Waals surface area contributed by atoms with Crippen LogP contribution in [0.5, 0.6) is 0 Å². The van der Waals surface area contributed by atoms with Crippen molar-refractivity contribution in [1.29, 1.82) is 0 Å². The molecule has 17 heavy (non-hydrogen) atoms. The summed E-state index contributed by atoms with van der Waals surface area (Å²) >= 11 is 0. The maximum absolute atomic E-state index is 4.36. The van der Waals surface area contributed by atoms with Gasteiger partial charge in [0.1, 0.15) is 5.82 Å². The van der Waals surface area contributed by atoms with E-state index < -0.39 is 0 Å². The van der Waals surface area contributed by atoms with E-state index in [1.807, 2.05) is 0 Å². The Hall–Kier alpha value is -1.39. The summed E-state index contributed by atoms with van der Waals surface area (Å²) in [7, 11) is 0. The Morgan fingerprint density at radius 1 is 1.29 bits per heavy atom. The molecule has 0 aromatic carbocycles. The first-order chi connectivity index (χ1) is 8.26. The molecule has 0 saturated heterocycles. The third-order valence-corrected chi connectivity index (χ3v) is 2.63. The van der Waals surface area contributed by atoms with Gasteiger partial charge in [0.15, 0.2) is 0 Å². The van der Waals surface area contributed by atoms with Crippen LogP contribution in [0.2, 0.25) is 0 Å². The summed E-state index contributed by atoms with van der Waals surface area (Å²) < 4.78 is 0. The first kappa shape index (κ1) is 13.7. The lowest BCUT2D eigenvalue weighted by Gasteiger charge is -2.11. The van der Waals surface area contributed by atoms with Crippen molar-refractivity contribution in [2.45, 2.75) is 52.5 Å². The van der Waals surface area contributed by atoms with Crippen LogP contribution in [0.4, 0.5) is 11.8 Å². The molecular weight excluding hydrogens is 214 g/mol. The molecule has 1 atom stereocenters. The van der Waals surface area contributed by atoms with Crippen LogP contribution in [0.25, 0.3) is 0 Å². The van der Waals surface area contributed by atoms with Gasteiger partial charge in [-0.2, -0.15) is 10.1 Å². The Kier molecular flexibility index (Phi) is 6.29. The SMILES string of the molecule is CCCCCNc1cnnc(NC(C)CC)n1. The van der Waals surface area contributed by atoms with E-state index in [0.717, 1.165) is 25.2 Å². The third-order valence-electron chi connectivity index (χ3n) is 2.63. The second kappa shape index (κ2) is 7.81. The van der Waals surface area contributed by atoms with Gasteiger partial charge in [-0.3, -0.25) is 0 Å². The standard InChI is InChI=1S/C12H23N5/c1-4-6-7-8-13-11-9-14-17-12(16-11)15-10(3)5-2/h9-10H,4-8H2,1-3H3,(H2,13,15,16,17). The number of nitrogens with one attached hydrogen (secondary N) is 2. The maximum atomic E-state index is 4.36. The second-order valence-corrected chi connectivity index (χ2v) is 4.25. The minimum absolute atomic E-state index is 0.368. The van der Waals surface area contributed by atoms with Gasteiger partial charge in [-0.05, 0) is 19.8 Å². The summed E-state index contributed by atoms with van der Waals surface area (Å²) in [4.78, 5) is 4.36. The fourth-order valence-electron chi connectivity index (χ4n) is 1.36. The number of unbranched alkanes of at least 4 members (excludes halogenated alkanes) is 2. The summed E-state index contributed by atoms with van der Waals surface area (Å²) in [5.41, 5.74) is 0. The monoisotopic (exact) mass is 237 g/mol. The van der Waals surface area contributed by atoms with Crippen molar-refractivity contribution in [2.24, 2.45) is 0 Å². The van der Waals surface area contributed by atoms with E-state index in [1.165, 1.54) is 12.8 Å². The lowest BCUT2D eigenvalue weighted by molar-refractivity contribution is 0.736. The van der Waals surface area contributed by atoms with Crippen LogP contribution in [0.3, 0.4) is 0 Å². The zero-order valence-electron chi connectivity index (χ0n) is 11.0. The fraction of sp³-hybridized carbons (Fsp3) is 0.750. The molecule has 0 aliphatic carbocycles. The van der Waals surface area contributed by atoms with Crippen molar-refractivity contribution < 1.29 is 0 Å². The van der Waals surface area contributed by atoms with Crippen molar-refractivity contribution >= 4 is 11.8 Å². The largest absolute Gasteiger partial charge is 0.369 e. The second-order valence-electron chi connectivity index (χ2n) is 4.25. The lowest BCUT2D eigenvalue weighted by atomic mass is 10.2. The average Bonchev–Trinajstić information content (AvgIpc) is 2.35. The van der Waals surface area contributed by atoms with Crippen LogP contribution < -0.4 is 10.6 Å². The molecular formula is C12H23N5. The topological polar surface area (TPSA) is 62.7 Å². The molecule has 0 aliphatic rings. The highest BCUT2D eigenvalue weighted by atomic mass is 15.3. The summed E-state index contributed by atoms with van der Waals surface area (Å²) in [6.07, 6.45) is 6.33. The predicted molar refractivity (Wildman–Crippen MR) is 71.2 cm³/mol. The normalized spacial score (nSPS) is 12.2. The van der Waals surface area contributed by atoms with Crippen LogP contribution in [0, 0.1) is 0 Å². The molecule has 1 rings (SSSR count). The Balaban J connectivity index is 2.42. The van der Waals surface area contributed by atoms with Crippen LogP contribution in [0.15, 0.2) is 6.20 Å². The minimum atomic E-state index is 0.368. The smallest absolute Gasteiger partial charge is 0.244 e.